The Morgan fingerprint density at radius 3 is 2.64 bits per heavy atom. The number of hydrogen-bond acceptors (Lipinski definition) is 3. The van der Waals surface area contributed by atoms with Crippen LogP contribution in [0.5, 0.6) is 11.5 Å². The highest BCUT2D eigenvalue weighted by Gasteiger charge is 2.34. The number of carbonyl (C=O) groups excluding carboxylic acids is 1. The van der Waals surface area contributed by atoms with Gasteiger partial charge in [0.15, 0.2) is 0 Å². The quantitative estimate of drug-likeness (QED) is 0.892. The fourth-order valence-electron chi connectivity index (χ4n) is 4.20. The summed E-state index contributed by atoms with van der Waals surface area (Å²) in [5.41, 5.74) is 1.06. The van der Waals surface area contributed by atoms with Gasteiger partial charge in [-0.2, -0.15) is 0 Å². The van der Waals surface area contributed by atoms with Crippen LogP contribution in [0.25, 0.3) is 0 Å². The van der Waals surface area contributed by atoms with Gasteiger partial charge in [-0.05, 0) is 43.7 Å². The van der Waals surface area contributed by atoms with E-state index >= 15 is 0 Å². The zero-order chi connectivity index (χ0) is 17.8. The molecule has 1 aromatic rings. The average molecular weight is 346 g/mol. The van der Waals surface area contributed by atoms with Gasteiger partial charge in [0, 0.05) is 24.2 Å². The fraction of sp³-hybridized carbons (Fsp3) is 0.650. The molecule has 0 spiro atoms. The lowest BCUT2D eigenvalue weighted by molar-refractivity contribution is 0.177. The molecule has 25 heavy (non-hydrogen) atoms. The van der Waals surface area contributed by atoms with Crippen LogP contribution in [0.15, 0.2) is 18.2 Å². The van der Waals surface area contributed by atoms with Crippen molar-refractivity contribution in [1.29, 1.82) is 0 Å². The Balaban J connectivity index is 1.75. The topological polar surface area (TPSA) is 50.8 Å². The summed E-state index contributed by atoms with van der Waals surface area (Å²) < 4.78 is 10.8. The van der Waals surface area contributed by atoms with Gasteiger partial charge in [-0.3, -0.25) is 0 Å². The predicted octanol–water partition coefficient (Wildman–Crippen LogP) is 4.13. The van der Waals surface area contributed by atoms with Gasteiger partial charge < -0.3 is 19.7 Å². The number of urea groups is 1. The Labute approximate surface area is 150 Å². The average Bonchev–Trinajstić information content (AvgIpc) is 3.12. The standard InChI is InChI=1S/C20H30N2O3/c1-14-7-4-5-8-17(14)21-20(23)22-12-6-9-18(22)16-11-10-15(24-2)13-19(16)25-3/h10-11,13-14,17-18H,4-9,12H2,1-3H3,(H,21,23)/t14-,17-,18+/m1/s1. The molecule has 0 unspecified atom stereocenters. The summed E-state index contributed by atoms with van der Waals surface area (Å²) >= 11 is 0. The summed E-state index contributed by atoms with van der Waals surface area (Å²) in [6.07, 6.45) is 6.79. The molecule has 0 aromatic heterocycles. The Kier molecular flexibility index (Phi) is 5.71. The monoisotopic (exact) mass is 346 g/mol. The minimum atomic E-state index is 0.0686. The molecule has 5 heteroatoms. The summed E-state index contributed by atoms with van der Waals surface area (Å²) in [5.74, 6) is 2.12. The van der Waals surface area contributed by atoms with Gasteiger partial charge in [0.25, 0.3) is 0 Å². The molecule has 1 aliphatic carbocycles. The number of nitrogens with one attached hydrogen (secondary N) is 1. The van der Waals surface area contributed by atoms with E-state index in [0.29, 0.717) is 12.0 Å². The van der Waals surface area contributed by atoms with Crippen LogP contribution in [0.1, 0.15) is 57.1 Å². The zero-order valence-corrected chi connectivity index (χ0v) is 15.6. The molecule has 1 saturated carbocycles. The number of carbonyl (C=O) groups is 1. The molecule has 1 heterocycles. The van der Waals surface area contributed by atoms with E-state index < -0.39 is 0 Å². The van der Waals surface area contributed by atoms with Gasteiger partial charge in [0.1, 0.15) is 11.5 Å². The van der Waals surface area contributed by atoms with Crippen LogP contribution in [-0.4, -0.2) is 37.7 Å². The second-order valence-corrected chi connectivity index (χ2v) is 7.28. The molecule has 2 amide bonds. The highest BCUT2D eigenvalue weighted by molar-refractivity contribution is 5.75. The lowest BCUT2D eigenvalue weighted by atomic mass is 9.86. The zero-order valence-electron chi connectivity index (χ0n) is 15.6. The highest BCUT2D eigenvalue weighted by Crippen LogP contribution is 2.38. The summed E-state index contributed by atoms with van der Waals surface area (Å²) in [6.45, 7) is 3.05. The molecular weight excluding hydrogens is 316 g/mol. The van der Waals surface area contributed by atoms with E-state index in [9.17, 15) is 4.79 Å². The van der Waals surface area contributed by atoms with E-state index in [2.05, 4.69) is 12.2 Å². The van der Waals surface area contributed by atoms with E-state index in [1.54, 1.807) is 14.2 Å². The molecule has 1 aliphatic heterocycles. The maximum Gasteiger partial charge on any atom is 0.318 e. The second-order valence-electron chi connectivity index (χ2n) is 7.28. The molecule has 5 nitrogen and oxygen atoms in total. The first kappa shape index (κ1) is 17.9. The molecule has 1 saturated heterocycles. The van der Waals surface area contributed by atoms with Gasteiger partial charge in [-0.25, -0.2) is 4.79 Å². The summed E-state index contributed by atoms with van der Waals surface area (Å²) in [5, 5.41) is 3.29. The number of rotatable bonds is 4. The maximum absolute atomic E-state index is 12.9. The molecule has 2 aliphatic rings. The van der Waals surface area contributed by atoms with Crippen molar-refractivity contribution in [2.24, 2.45) is 5.92 Å². The highest BCUT2D eigenvalue weighted by atomic mass is 16.5. The third-order valence-electron chi connectivity index (χ3n) is 5.73. The number of nitrogens with zero attached hydrogens (tertiary/aromatic N) is 1. The van der Waals surface area contributed by atoms with Crippen molar-refractivity contribution in [3.05, 3.63) is 23.8 Å². The molecule has 1 aromatic carbocycles. The SMILES string of the molecule is COc1ccc([C@@H]2CCCN2C(=O)N[C@@H]2CCCC[C@H]2C)c(OC)c1. The van der Waals surface area contributed by atoms with Crippen LogP contribution >= 0.6 is 0 Å². The second kappa shape index (κ2) is 7.98. The third-order valence-corrected chi connectivity index (χ3v) is 5.73. The van der Waals surface area contributed by atoms with Crippen LogP contribution < -0.4 is 14.8 Å². The first-order valence-electron chi connectivity index (χ1n) is 9.43. The van der Waals surface area contributed by atoms with Gasteiger partial charge in [-0.1, -0.05) is 19.8 Å². The van der Waals surface area contributed by atoms with Crippen molar-refractivity contribution in [3.8, 4) is 11.5 Å². The van der Waals surface area contributed by atoms with Crippen LogP contribution in [0.2, 0.25) is 0 Å². The largest absolute Gasteiger partial charge is 0.497 e. The summed E-state index contributed by atoms with van der Waals surface area (Å²) in [6, 6.07) is 6.30. The van der Waals surface area contributed by atoms with E-state index in [0.717, 1.165) is 42.9 Å². The van der Waals surface area contributed by atoms with Crippen molar-refractivity contribution >= 4 is 6.03 Å². The van der Waals surface area contributed by atoms with Gasteiger partial charge in [0.05, 0.1) is 20.3 Å². The molecular formula is C20H30N2O3. The third kappa shape index (κ3) is 3.86. The molecule has 2 fully saturated rings. The first-order chi connectivity index (χ1) is 12.1. The summed E-state index contributed by atoms with van der Waals surface area (Å²) in [4.78, 5) is 14.9. The van der Waals surface area contributed by atoms with E-state index in [1.165, 1.54) is 19.3 Å². The number of ether oxygens (including phenoxy) is 2. The smallest absolute Gasteiger partial charge is 0.318 e. The van der Waals surface area contributed by atoms with Crippen LogP contribution in [0.4, 0.5) is 4.79 Å². The number of methoxy groups -OCH3 is 2. The van der Waals surface area contributed by atoms with Crippen molar-refractivity contribution in [3.63, 3.8) is 0 Å². The van der Waals surface area contributed by atoms with Crippen molar-refractivity contribution < 1.29 is 14.3 Å². The van der Waals surface area contributed by atoms with Crippen LogP contribution in [0.3, 0.4) is 0 Å². The van der Waals surface area contributed by atoms with Crippen LogP contribution in [0, 0.1) is 5.92 Å². The van der Waals surface area contributed by atoms with Crippen molar-refractivity contribution in [2.75, 3.05) is 20.8 Å². The van der Waals surface area contributed by atoms with Gasteiger partial charge in [0.2, 0.25) is 0 Å². The van der Waals surface area contributed by atoms with Crippen LogP contribution in [-0.2, 0) is 0 Å². The number of likely N-dealkylation sites (tertiary alicyclic amines) is 1. The minimum absolute atomic E-state index is 0.0686. The molecule has 1 N–H and O–H groups in total. The minimum Gasteiger partial charge on any atom is -0.497 e. The van der Waals surface area contributed by atoms with E-state index in [4.69, 9.17) is 9.47 Å². The first-order valence-corrected chi connectivity index (χ1v) is 9.43. The van der Waals surface area contributed by atoms with Crippen molar-refractivity contribution in [1.82, 2.24) is 10.2 Å². The molecule has 3 atom stereocenters. The van der Waals surface area contributed by atoms with Gasteiger partial charge in [-0.15, -0.1) is 0 Å². The normalized spacial score (nSPS) is 26.4. The molecule has 0 bridgehead atoms. The Morgan fingerprint density at radius 2 is 1.92 bits per heavy atom. The molecule has 3 rings (SSSR count). The number of benzene rings is 1. The Morgan fingerprint density at radius 1 is 1.12 bits per heavy atom. The van der Waals surface area contributed by atoms with E-state index in [1.807, 2.05) is 23.1 Å². The Hall–Kier alpha value is -1.91. The Bertz CT molecular complexity index is 605. The number of amides is 2. The fourth-order valence-corrected chi connectivity index (χ4v) is 4.20. The predicted molar refractivity (Wildman–Crippen MR) is 98.2 cm³/mol. The lowest BCUT2D eigenvalue weighted by Gasteiger charge is -2.33. The van der Waals surface area contributed by atoms with Gasteiger partial charge >= 0.3 is 6.03 Å². The molecule has 138 valence electrons. The van der Waals surface area contributed by atoms with E-state index in [-0.39, 0.29) is 12.1 Å². The maximum atomic E-state index is 12.9. The lowest BCUT2D eigenvalue weighted by Crippen LogP contribution is -2.47. The number of hydrogen-bond donors (Lipinski definition) is 1. The van der Waals surface area contributed by atoms with Crippen molar-refractivity contribution in [2.45, 2.75) is 57.5 Å². The molecule has 0 radical (unpaired) electrons. The summed E-state index contributed by atoms with van der Waals surface area (Å²) in [7, 11) is 3.32.